The average Bonchev–Trinajstić information content (AvgIpc) is 2.87. The minimum absolute atomic E-state index is 0.0657. The Hall–Kier alpha value is -3.30. The third-order valence-corrected chi connectivity index (χ3v) is 6.88. The number of anilines is 1. The normalized spacial score (nSPS) is 22.3. The lowest BCUT2D eigenvalue weighted by Gasteiger charge is -2.31. The highest BCUT2D eigenvalue weighted by Crippen LogP contribution is 2.38. The summed E-state index contributed by atoms with van der Waals surface area (Å²) in [4.78, 5) is 16.8. The molecule has 1 atom stereocenters. The zero-order valence-corrected chi connectivity index (χ0v) is 19.9. The minimum atomic E-state index is -4.47. The van der Waals surface area contributed by atoms with Crippen molar-refractivity contribution in [3.8, 4) is 11.1 Å². The Morgan fingerprint density at radius 3 is 2.35 bits per heavy atom. The number of allylic oxidation sites excluding steroid dienone is 3. The van der Waals surface area contributed by atoms with Gasteiger partial charge in [0.25, 0.3) is 0 Å². The Bertz CT molecular complexity index is 1150. The van der Waals surface area contributed by atoms with Crippen LogP contribution in [0.15, 0.2) is 66.4 Å². The van der Waals surface area contributed by atoms with Gasteiger partial charge >= 0.3 is 12.4 Å². The van der Waals surface area contributed by atoms with Crippen LogP contribution in [-0.2, 0) is 11.0 Å². The topological polar surface area (TPSA) is 54.0 Å². The van der Waals surface area contributed by atoms with Gasteiger partial charge in [-0.3, -0.25) is 4.79 Å². The fraction of sp³-hybridized carbons (Fsp3) is 0.407. The van der Waals surface area contributed by atoms with Crippen LogP contribution in [0.1, 0.15) is 37.7 Å². The molecule has 1 fully saturated rings. The molecule has 0 saturated heterocycles. The number of nitrogens with zero attached hydrogens (tertiary/aromatic N) is 1. The molecule has 1 aromatic heterocycles. The molecule has 1 aromatic carbocycles. The molecule has 2 N–H and O–H groups in total. The number of hydrogen-bond acceptors (Lipinski definition) is 3. The fourth-order valence-electron chi connectivity index (χ4n) is 4.84. The summed E-state index contributed by atoms with van der Waals surface area (Å²) < 4.78 is 79.7. The first-order valence-corrected chi connectivity index (χ1v) is 12.1. The van der Waals surface area contributed by atoms with E-state index < -0.39 is 29.7 Å². The molecule has 0 spiro atoms. The number of hydrogen-bond donors (Lipinski definition) is 2. The van der Waals surface area contributed by atoms with Crippen molar-refractivity contribution < 1.29 is 31.1 Å². The number of alkyl halides is 6. The van der Waals surface area contributed by atoms with Gasteiger partial charge in [-0.2, -0.15) is 26.3 Å². The molecule has 4 rings (SSSR count). The van der Waals surface area contributed by atoms with Crippen LogP contribution in [0, 0.1) is 11.8 Å². The van der Waals surface area contributed by atoms with E-state index in [2.05, 4.69) is 15.6 Å². The van der Waals surface area contributed by atoms with E-state index in [1.54, 1.807) is 18.2 Å². The molecule has 0 aliphatic heterocycles. The summed E-state index contributed by atoms with van der Waals surface area (Å²) in [5, 5.41) is 5.97. The summed E-state index contributed by atoms with van der Waals surface area (Å²) in [6.07, 6.45) is -0.766. The number of pyridine rings is 1. The van der Waals surface area contributed by atoms with Crippen molar-refractivity contribution in [2.45, 2.75) is 50.5 Å². The maximum absolute atomic E-state index is 13.3. The number of amides is 1. The van der Waals surface area contributed by atoms with Gasteiger partial charge in [0.1, 0.15) is 5.82 Å². The highest BCUT2D eigenvalue weighted by atomic mass is 19.4. The van der Waals surface area contributed by atoms with E-state index in [0.717, 1.165) is 18.9 Å². The summed E-state index contributed by atoms with van der Waals surface area (Å²) in [5.41, 5.74) is -0.528. The SMILES string of the molecule is O=C(NC1CCC(CNc2ccc(-c3ccccc3C(F)(F)F)cn2)CC1)C1=CC=CCC1C(F)(F)F. The molecule has 0 bridgehead atoms. The van der Waals surface area contributed by atoms with Crippen LogP contribution in [0.4, 0.5) is 32.2 Å². The molecule has 2 aromatic rings. The second-order valence-electron chi connectivity index (χ2n) is 9.43. The molecule has 2 aliphatic rings. The first-order chi connectivity index (χ1) is 17.5. The van der Waals surface area contributed by atoms with Crippen molar-refractivity contribution in [1.29, 1.82) is 0 Å². The molecule has 1 saturated carbocycles. The first kappa shape index (κ1) is 26.8. The predicted octanol–water partition coefficient (Wildman–Crippen LogP) is 6.92. The van der Waals surface area contributed by atoms with E-state index in [1.165, 1.54) is 36.6 Å². The number of rotatable bonds is 6. The highest BCUT2D eigenvalue weighted by Gasteiger charge is 2.44. The number of nitrogens with one attached hydrogen (secondary N) is 2. The molecule has 2 aliphatic carbocycles. The van der Waals surface area contributed by atoms with Gasteiger partial charge < -0.3 is 10.6 Å². The van der Waals surface area contributed by atoms with Crippen molar-refractivity contribution in [3.63, 3.8) is 0 Å². The molecule has 1 amide bonds. The number of carbonyl (C=O) groups excluding carboxylic acids is 1. The summed E-state index contributed by atoms with van der Waals surface area (Å²) in [5.74, 6) is -1.62. The monoisotopic (exact) mass is 523 g/mol. The van der Waals surface area contributed by atoms with Crippen molar-refractivity contribution in [3.05, 3.63) is 72.0 Å². The molecule has 10 heteroatoms. The Balaban J connectivity index is 1.26. The number of benzene rings is 1. The van der Waals surface area contributed by atoms with E-state index in [4.69, 9.17) is 0 Å². The Kier molecular flexibility index (Phi) is 7.94. The third-order valence-electron chi connectivity index (χ3n) is 6.88. The van der Waals surface area contributed by atoms with Gasteiger partial charge in [-0.1, -0.05) is 36.4 Å². The van der Waals surface area contributed by atoms with Gasteiger partial charge in [-0.05, 0) is 61.8 Å². The van der Waals surface area contributed by atoms with Crippen molar-refractivity contribution in [2.24, 2.45) is 11.8 Å². The van der Waals surface area contributed by atoms with Crippen molar-refractivity contribution >= 4 is 11.7 Å². The fourth-order valence-corrected chi connectivity index (χ4v) is 4.84. The Morgan fingerprint density at radius 2 is 1.70 bits per heavy atom. The lowest BCUT2D eigenvalue weighted by atomic mass is 9.85. The lowest BCUT2D eigenvalue weighted by molar-refractivity contribution is -0.166. The number of aromatic nitrogens is 1. The van der Waals surface area contributed by atoms with Crippen LogP contribution in [-0.4, -0.2) is 29.7 Å². The zero-order valence-electron chi connectivity index (χ0n) is 19.9. The third kappa shape index (κ3) is 6.72. The molecule has 4 nitrogen and oxygen atoms in total. The summed E-state index contributed by atoms with van der Waals surface area (Å²) in [6.45, 7) is 0.595. The Labute approximate surface area is 210 Å². The van der Waals surface area contributed by atoms with E-state index >= 15 is 0 Å². The summed E-state index contributed by atoms with van der Waals surface area (Å²) in [6, 6.07) is 8.39. The molecular formula is C27H27F6N3O. The standard InChI is InChI=1S/C27H27F6N3O/c28-26(29,30)22-7-3-1-5-20(22)18-11-14-24(35-16-18)34-15-17-9-12-19(13-10-17)36-25(37)21-6-2-4-8-23(21)27(31,32)33/h1-7,11,14,16-17,19,23H,8-10,12-13,15H2,(H,34,35)(H,36,37). The molecule has 1 heterocycles. The van der Waals surface area contributed by atoms with Gasteiger partial charge in [0, 0.05) is 29.9 Å². The molecule has 198 valence electrons. The van der Waals surface area contributed by atoms with E-state index in [9.17, 15) is 31.1 Å². The average molecular weight is 524 g/mol. The first-order valence-electron chi connectivity index (χ1n) is 12.1. The molecule has 1 unspecified atom stereocenters. The highest BCUT2D eigenvalue weighted by molar-refractivity contribution is 5.94. The van der Waals surface area contributed by atoms with Crippen LogP contribution in [0.25, 0.3) is 11.1 Å². The van der Waals surface area contributed by atoms with E-state index in [-0.39, 0.29) is 29.5 Å². The van der Waals surface area contributed by atoms with Crippen LogP contribution in [0.3, 0.4) is 0 Å². The molecule has 0 radical (unpaired) electrons. The van der Waals surface area contributed by atoms with Gasteiger partial charge in [0.15, 0.2) is 0 Å². The smallest absolute Gasteiger partial charge is 0.370 e. The van der Waals surface area contributed by atoms with E-state index in [0.29, 0.717) is 30.8 Å². The predicted molar refractivity (Wildman–Crippen MR) is 128 cm³/mol. The quantitative estimate of drug-likeness (QED) is 0.404. The van der Waals surface area contributed by atoms with E-state index in [1.807, 2.05) is 0 Å². The van der Waals surface area contributed by atoms with Crippen molar-refractivity contribution in [1.82, 2.24) is 10.3 Å². The van der Waals surface area contributed by atoms with Crippen LogP contribution in [0.2, 0.25) is 0 Å². The zero-order chi connectivity index (χ0) is 26.6. The second-order valence-corrected chi connectivity index (χ2v) is 9.43. The number of halogens is 6. The maximum Gasteiger partial charge on any atom is 0.417 e. The number of carbonyl (C=O) groups is 1. The molecular weight excluding hydrogens is 496 g/mol. The van der Waals surface area contributed by atoms with Gasteiger partial charge in [0.2, 0.25) is 5.91 Å². The minimum Gasteiger partial charge on any atom is -0.370 e. The van der Waals surface area contributed by atoms with Gasteiger partial charge in [-0.15, -0.1) is 0 Å². The van der Waals surface area contributed by atoms with Crippen LogP contribution in [0.5, 0.6) is 0 Å². The Morgan fingerprint density at radius 1 is 0.973 bits per heavy atom. The van der Waals surface area contributed by atoms with Crippen LogP contribution < -0.4 is 10.6 Å². The summed E-state index contributed by atoms with van der Waals surface area (Å²) >= 11 is 0. The van der Waals surface area contributed by atoms with Crippen LogP contribution >= 0.6 is 0 Å². The maximum atomic E-state index is 13.3. The lowest BCUT2D eigenvalue weighted by Crippen LogP contribution is -2.42. The summed E-state index contributed by atoms with van der Waals surface area (Å²) in [7, 11) is 0. The van der Waals surface area contributed by atoms with Gasteiger partial charge in [-0.25, -0.2) is 4.98 Å². The second kappa shape index (κ2) is 11.0. The molecule has 37 heavy (non-hydrogen) atoms. The van der Waals surface area contributed by atoms with Gasteiger partial charge in [0.05, 0.1) is 11.5 Å². The van der Waals surface area contributed by atoms with Crippen molar-refractivity contribution in [2.75, 3.05) is 11.9 Å². The largest absolute Gasteiger partial charge is 0.417 e.